The average Bonchev–Trinajstić information content (AvgIpc) is 2.71. The van der Waals surface area contributed by atoms with E-state index < -0.39 is 5.97 Å². The van der Waals surface area contributed by atoms with E-state index in [1.165, 1.54) is 6.08 Å². The van der Waals surface area contributed by atoms with E-state index in [-0.39, 0.29) is 0 Å². The fraction of sp³-hybridized carbons (Fsp3) is 0.0870. The highest BCUT2D eigenvalue weighted by atomic mass is 16.5. The summed E-state index contributed by atoms with van der Waals surface area (Å²) in [7, 11) is 0. The van der Waals surface area contributed by atoms with E-state index in [0.717, 1.165) is 17.2 Å². The Morgan fingerprint density at radius 2 is 1.26 bits per heavy atom. The van der Waals surface area contributed by atoms with E-state index in [1.54, 1.807) is 12.1 Å². The Hall–Kier alpha value is -3.53. The van der Waals surface area contributed by atoms with Crippen LogP contribution in [0.5, 0.6) is 11.5 Å². The van der Waals surface area contributed by atoms with Crippen LogP contribution in [0.3, 0.4) is 0 Å². The zero-order valence-electron chi connectivity index (χ0n) is 14.7. The van der Waals surface area contributed by atoms with Gasteiger partial charge < -0.3 is 14.6 Å². The Kier molecular flexibility index (Phi) is 6.26. The Morgan fingerprint density at radius 1 is 0.778 bits per heavy atom. The van der Waals surface area contributed by atoms with Crippen LogP contribution in [-0.4, -0.2) is 11.1 Å². The second-order valence-electron chi connectivity index (χ2n) is 5.96. The zero-order chi connectivity index (χ0) is 18.9. The number of aliphatic carboxylic acids is 1. The first kappa shape index (κ1) is 18.3. The number of hydrogen-bond donors (Lipinski definition) is 1. The molecule has 4 heteroatoms. The lowest BCUT2D eigenvalue weighted by Gasteiger charge is -2.11. The van der Waals surface area contributed by atoms with Gasteiger partial charge in [0, 0.05) is 12.1 Å². The molecule has 0 aliphatic heterocycles. The zero-order valence-corrected chi connectivity index (χ0v) is 14.7. The Balaban J connectivity index is 1.76. The average molecular weight is 360 g/mol. The Labute approximate surface area is 158 Å². The summed E-state index contributed by atoms with van der Waals surface area (Å²) in [6.07, 6.45) is 2.62. The molecule has 0 saturated carbocycles. The number of ether oxygens (including phenoxy) is 2. The molecule has 0 unspecified atom stereocenters. The van der Waals surface area contributed by atoms with Gasteiger partial charge in [-0.25, -0.2) is 4.79 Å². The van der Waals surface area contributed by atoms with E-state index in [9.17, 15) is 4.79 Å². The fourth-order valence-electron chi connectivity index (χ4n) is 2.51. The molecule has 3 aromatic carbocycles. The lowest BCUT2D eigenvalue weighted by Crippen LogP contribution is -1.98. The van der Waals surface area contributed by atoms with Crippen molar-refractivity contribution in [1.82, 2.24) is 0 Å². The number of carbonyl (C=O) groups is 1. The van der Waals surface area contributed by atoms with Gasteiger partial charge in [0.2, 0.25) is 0 Å². The molecule has 4 nitrogen and oxygen atoms in total. The van der Waals surface area contributed by atoms with Crippen molar-refractivity contribution in [3.05, 3.63) is 102 Å². The molecule has 0 fully saturated rings. The minimum Gasteiger partial charge on any atom is -0.489 e. The number of hydrogen-bond acceptors (Lipinski definition) is 3. The molecule has 136 valence electrons. The minimum atomic E-state index is -1.00. The molecule has 0 saturated heterocycles. The van der Waals surface area contributed by atoms with E-state index in [1.807, 2.05) is 66.7 Å². The van der Waals surface area contributed by atoms with Crippen molar-refractivity contribution < 1.29 is 19.4 Å². The van der Waals surface area contributed by atoms with E-state index in [0.29, 0.717) is 30.3 Å². The van der Waals surface area contributed by atoms with Crippen LogP contribution in [0, 0.1) is 0 Å². The van der Waals surface area contributed by atoms with Crippen molar-refractivity contribution in [3.63, 3.8) is 0 Å². The van der Waals surface area contributed by atoms with Crippen LogP contribution in [0.2, 0.25) is 0 Å². The molecule has 0 aliphatic rings. The van der Waals surface area contributed by atoms with Crippen molar-refractivity contribution in [3.8, 4) is 11.5 Å². The summed E-state index contributed by atoms with van der Waals surface area (Å²) < 4.78 is 11.7. The first-order valence-electron chi connectivity index (χ1n) is 8.58. The quantitative estimate of drug-likeness (QED) is 0.578. The maximum Gasteiger partial charge on any atom is 0.328 e. The first-order chi connectivity index (χ1) is 13.2. The predicted octanol–water partition coefficient (Wildman–Crippen LogP) is 4.94. The molecule has 3 rings (SSSR count). The van der Waals surface area contributed by atoms with Crippen molar-refractivity contribution in [2.24, 2.45) is 0 Å². The topological polar surface area (TPSA) is 55.8 Å². The molecule has 0 heterocycles. The minimum absolute atomic E-state index is 0.422. The third-order valence-corrected chi connectivity index (χ3v) is 3.82. The first-order valence-corrected chi connectivity index (χ1v) is 8.58. The predicted molar refractivity (Wildman–Crippen MR) is 105 cm³/mol. The van der Waals surface area contributed by atoms with Gasteiger partial charge in [-0.3, -0.25) is 0 Å². The smallest absolute Gasteiger partial charge is 0.328 e. The molecule has 0 amide bonds. The van der Waals surface area contributed by atoms with Gasteiger partial charge in [0.05, 0.1) is 0 Å². The summed E-state index contributed by atoms with van der Waals surface area (Å²) in [6.45, 7) is 0.843. The van der Waals surface area contributed by atoms with Crippen molar-refractivity contribution >= 4 is 12.0 Å². The van der Waals surface area contributed by atoms with Crippen LogP contribution >= 0.6 is 0 Å². The molecular weight excluding hydrogens is 340 g/mol. The second-order valence-corrected chi connectivity index (χ2v) is 5.96. The van der Waals surface area contributed by atoms with Crippen molar-refractivity contribution in [2.75, 3.05) is 0 Å². The SMILES string of the molecule is O=C(O)/C=C/c1cc(OCc2ccccc2)cc(OCc2ccccc2)c1. The summed E-state index contributed by atoms with van der Waals surface area (Å²) in [5.41, 5.74) is 2.80. The van der Waals surface area contributed by atoms with Crippen molar-refractivity contribution in [2.45, 2.75) is 13.2 Å². The third-order valence-electron chi connectivity index (χ3n) is 3.82. The number of carboxylic acids is 1. The van der Waals surface area contributed by atoms with Crippen LogP contribution in [-0.2, 0) is 18.0 Å². The van der Waals surface area contributed by atoms with Gasteiger partial charge in [0.1, 0.15) is 24.7 Å². The summed E-state index contributed by atoms with van der Waals surface area (Å²) in [5, 5.41) is 8.87. The molecule has 0 aliphatic carbocycles. The van der Waals surface area contributed by atoms with E-state index in [4.69, 9.17) is 14.6 Å². The normalized spacial score (nSPS) is 10.7. The molecule has 27 heavy (non-hydrogen) atoms. The highest BCUT2D eigenvalue weighted by Crippen LogP contribution is 2.25. The molecular formula is C23H20O4. The third kappa shape index (κ3) is 6.04. The van der Waals surface area contributed by atoms with E-state index in [2.05, 4.69) is 0 Å². The van der Waals surface area contributed by atoms with Crippen LogP contribution < -0.4 is 9.47 Å². The van der Waals surface area contributed by atoms with Gasteiger partial charge in [-0.05, 0) is 34.9 Å². The summed E-state index contributed by atoms with van der Waals surface area (Å²) in [4.78, 5) is 10.8. The summed E-state index contributed by atoms with van der Waals surface area (Å²) >= 11 is 0. The van der Waals surface area contributed by atoms with Gasteiger partial charge in [-0.15, -0.1) is 0 Å². The van der Waals surface area contributed by atoms with Gasteiger partial charge in [0.25, 0.3) is 0 Å². The van der Waals surface area contributed by atoms with Crippen molar-refractivity contribution in [1.29, 1.82) is 0 Å². The van der Waals surface area contributed by atoms with Gasteiger partial charge >= 0.3 is 5.97 Å². The Bertz CT molecular complexity index is 840. The van der Waals surface area contributed by atoms with Gasteiger partial charge in [-0.1, -0.05) is 60.7 Å². The molecule has 0 atom stereocenters. The standard InChI is InChI=1S/C23H20O4/c24-23(25)12-11-20-13-21(26-16-18-7-3-1-4-8-18)15-22(14-20)27-17-19-9-5-2-6-10-19/h1-15H,16-17H2,(H,24,25)/b12-11+. The van der Waals surface area contributed by atoms with E-state index >= 15 is 0 Å². The summed E-state index contributed by atoms with van der Waals surface area (Å²) in [6, 6.07) is 25.1. The largest absolute Gasteiger partial charge is 0.489 e. The van der Waals surface area contributed by atoms with Crippen LogP contribution in [0.1, 0.15) is 16.7 Å². The molecule has 0 aromatic heterocycles. The van der Waals surface area contributed by atoms with Crippen LogP contribution in [0.4, 0.5) is 0 Å². The molecule has 0 radical (unpaired) electrons. The monoisotopic (exact) mass is 360 g/mol. The highest BCUT2D eigenvalue weighted by molar-refractivity contribution is 5.85. The number of benzene rings is 3. The highest BCUT2D eigenvalue weighted by Gasteiger charge is 2.04. The molecule has 3 aromatic rings. The Morgan fingerprint density at radius 3 is 1.70 bits per heavy atom. The fourth-order valence-corrected chi connectivity index (χ4v) is 2.51. The molecule has 0 spiro atoms. The van der Waals surface area contributed by atoms with Gasteiger partial charge in [-0.2, -0.15) is 0 Å². The number of carboxylic acid groups (broad SMARTS) is 1. The lowest BCUT2D eigenvalue weighted by molar-refractivity contribution is -0.131. The van der Waals surface area contributed by atoms with Crippen LogP contribution in [0.15, 0.2) is 84.9 Å². The maximum absolute atomic E-state index is 10.8. The lowest BCUT2D eigenvalue weighted by atomic mass is 10.1. The summed E-state index contributed by atoms with van der Waals surface area (Å²) in [5.74, 6) is 0.237. The van der Waals surface area contributed by atoms with Crippen LogP contribution in [0.25, 0.3) is 6.08 Å². The molecule has 0 bridgehead atoms. The number of rotatable bonds is 8. The molecule has 1 N–H and O–H groups in total. The van der Waals surface area contributed by atoms with Gasteiger partial charge in [0.15, 0.2) is 0 Å². The maximum atomic E-state index is 10.8. The second kappa shape index (κ2) is 9.25.